The summed E-state index contributed by atoms with van der Waals surface area (Å²) in [6.07, 6.45) is -1.16. The summed E-state index contributed by atoms with van der Waals surface area (Å²) in [5, 5.41) is 2.71. The highest BCUT2D eigenvalue weighted by atomic mass is 16.8. The maximum atomic E-state index is 11.3. The van der Waals surface area contributed by atoms with Crippen molar-refractivity contribution in [3.05, 3.63) is 0 Å². The number of hydrogen-bond donors (Lipinski definition) is 1. The van der Waals surface area contributed by atoms with E-state index in [1.54, 1.807) is 0 Å². The van der Waals surface area contributed by atoms with E-state index >= 15 is 0 Å². The van der Waals surface area contributed by atoms with Gasteiger partial charge in [0.15, 0.2) is 18.2 Å². The molecule has 0 unspecified atom stereocenters. The van der Waals surface area contributed by atoms with Gasteiger partial charge in [-0.15, -0.1) is 0 Å². The van der Waals surface area contributed by atoms with Crippen LogP contribution in [0.25, 0.3) is 0 Å². The highest BCUT2D eigenvalue weighted by Gasteiger charge is 2.61. The molecule has 1 amide bonds. The second-order valence-corrected chi connectivity index (χ2v) is 4.45. The molecule has 7 heteroatoms. The molecule has 5 atom stereocenters. The van der Waals surface area contributed by atoms with Crippen molar-refractivity contribution in [3.63, 3.8) is 0 Å². The minimum Gasteiger partial charge on any atom is -0.376 e. The molecular formula is C11H17NO6. The fourth-order valence-electron chi connectivity index (χ4n) is 2.56. The SMILES string of the molecule is CO[C@@H]1[C@@H](NC(C)=O)[C@H]2OC[C@](C=O)(O2)[C@@H]1OC. The number of aldehydes is 1. The van der Waals surface area contributed by atoms with Crippen molar-refractivity contribution in [3.8, 4) is 0 Å². The first-order chi connectivity index (χ1) is 8.57. The Morgan fingerprint density at radius 1 is 1.44 bits per heavy atom. The molecule has 18 heavy (non-hydrogen) atoms. The minimum atomic E-state index is -1.16. The Morgan fingerprint density at radius 2 is 2.17 bits per heavy atom. The molecular weight excluding hydrogens is 242 g/mol. The van der Waals surface area contributed by atoms with Gasteiger partial charge >= 0.3 is 0 Å². The summed E-state index contributed by atoms with van der Waals surface area (Å²) in [6, 6.07) is -0.506. The van der Waals surface area contributed by atoms with Crippen molar-refractivity contribution in [2.75, 3.05) is 20.8 Å². The van der Waals surface area contributed by atoms with Gasteiger partial charge in [-0.3, -0.25) is 9.59 Å². The first kappa shape index (κ1) is 13.4. The summed E-state index contributed by atoms with van der Waals surface area (Å²) < 4.78 is 21.7. The lowest BCUT2D eigenvalue weighted by Gasteiger charge is -2.43. The first-order valence-electron chi connectivity index (χ1n) is 5.66. The number of carbonyl (C=O) groups excluding carboxylic acids is 2. The summed E-state index contributed by atoms with van der Waals surface area (Å²) >= 11 is 0. The molecule has 2 bridgehead atoms. The normalized spacial score (nSPS) is 42.6. The predicted molar refractivity (Wildman–Crippen MR) is 58.8 cm³/mol. The molecule has 102 valence electrons. The van der Waals surface area contributed by atoms with Crippen molar-refractivity contribution >= 4 is 12.2 Å². The second-order valence-electron chi connectivity index (χ2n) is 4.45. The number of ether oxygens (including phenoxy) is 4. The van der Waals surface area contributed by atoms with Gasteiger partial charge in [0, 0.05) is 21.1 Å². The molecule has 0 spiro atoms. The Hall–Kier alpha value is -1.02. The lowest BCUT2D eigenvalue weighted by Crippen LogP contribution is -2.66. The Kier molecular flexibility index (Phi) is 3.67. The number of nitrogens with one attached hydrogen (secondary N) is 1. The zero-order chi connectivity index (χ0) is 13.3. The van der Waals surface area contributed by atoms with Crippen molar-refractivity contribution in [2.45, 2.75) is 37.1 Å². The minimum absolute atomic E-state index is 0.0929. The number of fused-ring (bicyclic) bond motifs is 2. The maximum Gasteiger partial charge on any atom is 0.217 e. The molecule has 7 nitrogen and oxygen atoms in total. The molecule has 2 fully saturated rings. The third-order valence-electron chi connectivity index (χ3n) is 3.33. The number of hydrogen-bond acceptors (Lipinski definition) is 6. The van der Waals surface area contributed by atoms with E-state index in [-0.39, 0.29) is 12.5 Å². The maximum absolute atomic E-state index is 11.3. The average molecular weight is 259 g/mol. The van der Waals surface area contributed by atoms with Gasteiger partial charge < -0.3 is 24.3 Å². The van der Waals surface area contributed by atoms with E-state index in [0.29, 0.717) is 6.29 Å². The summed E-state index contributed by atoms with van der Waals surface area (Å²) in [6.45, 7) is 1.49. The zero-order valence-electron chi connectivity index (χ0n) is 10.5. The van der Waals surface area contributed by atoms with Crippen molar-refractivity contribution in [2.24, 2.45) is 0 Å². The molecule has 0 aromatic carbocycles. The van der Waals surface area contributed by atoms with Gasteiger partial charge in [-0.2, -0.15) is 0 Å². The van der Waals surface area contributed by atoms with E-state index in [4.69, 9.17) is 18.9 Å². The summed E-state index contributed by atoms with van der Waals surface area (Å²) in [5.74, 6) is -0.227. The van der Waals surface area contributed by atoms with E-state index in [2.05, 4.69) is 5.32 Å². The van der Waals surface area contributed by atoms with E-state index in [1.165, 1.54) is 21.1 Å². The third-order valence-corrected chi connectivity index (χ3v) is 3.33. The van der Waals surface area contributed by atoms with Crippen LogP contribution >= 0.6 is 0 Å². The first-order valence-corrected chi connectivity index (χ1v) is 5.66. The van der Waals surface area contributed by atoms with E-state index in [0.717, 1.165) is 0 Å². The number of methoxy groups -OCH3 is 2. The lowest BCUT2D eigenvalue weighted by molar-refractivity contribution is -0.228. The summed E-state index contributed by atoms with van der Waals surface area (Å²) in [4.78, 5) is 22.5. The van der Waals surface area contributed by atoms with Gasteiger partial charge in [-0.05, 0) is 0 Å². The van der Waals surface area contributed by atoms with Crippen LogP contribution in [-0.4, -0.2) is 63.2 Å². The van der Waals surface area contributed by atoms with Crippen LogP contribution in [0.15, 0.2) is 0 Å². The number of rotatable bonds is 4. The molecule has 2 heterocycles. The molecule has 2 rings (SSSR count). The standard InChI is InChI=1S/C11H17NO6/c1-6(14)12-7-8(15-2)9(16-3)11(4-13)5-17-10(7)18-11/h4,7-10H,5H2,1-3H3,(H,12,14)/t7-,8-,9-,10+,11+/m1/s1. The molecule has 0 aliphatic carbocycles. The summed E-state index contributed by atoms with van der Waals surface area (Å²) in [5.41, 5.74) is -1.16. The fraction of sp³-hybridized carbons (Fsp3) is 0.818. The van der Waals surface area contributed by atoms with E-state index in [9.17, 15) is 9.59 Å². The molecule has 1 N–H and O–H groups in total. The quantitative estimate of drug-likeness (QED) is 0.642. The average Bonchev–Trinajstić information content (AvgIpc) is 2.74. The molecule has 2 aliphatic rings. The van der Waals surface area contributed by atoms with Crippen LogP contribution in [0, 0.1) is 0 Å². The van der Waals surface area contributed by atoms with Crippen LogP contribution in [0.3, 0.4) is 0 Å². The van der Waals surface area contributed by atoms with Crippen LogP contribution in [0.2, 0.25) is 0 Å². The van der Waals surface area contributed by atoms with Crippen LogP contribution < -0.4 is 5.32 Å². The van der Waals surface area contributed by atoms with Crippen molar-refractivity contribution in [1.82, 2.24) is 5.32 Å². The molecule has 0 radical (unpaired) electrons. The van der Waals surface area contributed by atoms with Crippen molar-refractivity contribution in [1.29, 1.82) is 0 Å². The smallest absolute Gasteiger partial charge is 0.217 e. The zero-order valence-corrected chi connectivity index (χ0v) is 10.5. The van der Waals surface area contributed by atoms with Gasteiger partial charge in [-0.25, -0.2) is 0 Å². The molecule has 0 aromatic heterocycles. The Labute approximate surface area is 105 Å². The Bertz CT molecular complexity index is 348. The lowest BCUT2D eigenvalue weighted by atomic mass is 9.88. The van der Waals surface area contributed by atoms with Gasteiger partial charge in [0.2, 0.25) is 5.91 Å². The van der Waals surface area contributed by atoms with E-state index in [1.807, 2.05) is 0 Å². The van der Waals surface area contributed by atoms with Gasteiger partial charge in [-0.1, -0.05) is 0 Å². The number of carbonyl (C=O) groups is 2. The topological polar surface area (TPSA) is 83.1 Å². The number of amides is 1. The Morgan fingerprint density at radius 3 is 2.67 bits per heavy atom. The Balaban J connectivity index is 2.30. The van der Waals surface area contributed by atoms with Crippen LogP contribution in [-0.2, 0) is 28.5 Å². The molecule has 0 saturated carbocycles. The summed E-state index contributed by atoms with van der Waals surface area (Å²) in [7, 11) is 2.96. The van der Waals surface area contributed by atoms with Crippen molar-refractivity contribution < 1.29 is 28.5 Å². The highest BCUT2D eigenvalue weighted by Crippen LogP contribution is 2.38. The van der Waals surface area contributed by atoms with Crippen LogP contribution in [0.5, 0.6) is 0 Å². The predicted octanol–water partition coefficient (Wildman–Crippen LogP) is -1.15. The second kappa shape index (κ2) is 4.93. The van der Waals surface area contributed by atoms with Gasteiger partial charge in [0.05, 0.1) is 6.61 Å². The van der Waals surface area contributed by atoms with Gasteiger partial charge in [0.1, 0.15) is 18.2 Å². The van der Waals surface area contributed by atoms with E-state index < -0.39 is 30.1 Å². The van der Waals surface area contributed by atoms with Crippen LogP contribution in [0.4, 0.5) is 0 Å². The van der Waals surface area contributed by atoms with Crippen LogP contribution in [0.1, 0.15) is 6.92 Å². The third kappa shape index (κ3) is 1.93. The molecule has 2 saturated heterocycles. The molecule has 0 aromatic rings. The monoisotopic (exact) mass is 259 g/mol. The molecule has 2 aliphatic heterocycles. The van der Waals surface area contributed by atoms with Gasteiger partial charge in [0.25, 0.3) is 0 Å². The highest BCUT2D eigenvalue weighted by molar-refractivity contribution is 5.73. The fourth-order valence-corrected chi connectivity index (χ4v) is 2.56. The largest absolute Gasteiger partial charge is 0.376 e.